The van der Waals surface area contributed by atoms with Gasteiger partial charge in [0.1, 0.15) is 0 Å². The summed E-state index contributed by atoms with van der Waals surface area (Å²) < 4.78 is 0. The third-order valence-electron chi connectivity index (χ3n) is 2.39. The van der Waals surface area contributed by atoms with Crippen molar-refractivity contribution in [3.8, 4) is 0 Å². The molecule has 3 heteroatoms. The maximum atomic E-state index is 5.86. The van der Waals surface area contributed by atoms with Gasteiger partial charge in [0.05, 0.1) is 8.41 Å². The minimum atomic E-state index is -0.945. The lowest BCUT2D eigenvalue weighted by molar-refractivity contribution is 1.74. The first-order chi connectivity index (χ1) is 7.66. The Kier molecular flexibility index (Phi) is 3.59. The fraction of sp³-hybridized carbons (Fsp3) is 0. The number of benzene rings is 2. The molecule has 0 N–H and O–H groups in total. The second-order valence-corrected chi connectivity index (χ2v) is 6.48. The van der Waals surface area contributed by atoms with E-state index in [0.717, 1.165) is 10.0 Å². The lowest BCUT2D eigenvalue weighted by Crippen LogP contribution is -2.33. The minimum absolute atomic E-state index is 0.759. The molecule has 0 aromatic heterocycles. The van der Waals surface area contributed by atoms with E-state index in [1.807, 2.05) is 48.5 Å². The Bertz CT molecular complexity index is 453. The second kappa shape index (κ2) is 4.96. The summed E-state index contributed by atoms with van der Waals surface area (Å²) in [6, 6.07) is 15.8. The van der Waals surface area contributed by atoms with Crippen LogP contribution < -0.4 is 10.4 Å². The molecule has 0 spiro atoms. The molecule has 0 fully saturated rings. The third kappa shape index (κ3) is 2.61. The first-order valence-corrected chi connectivity index (χ1v) is 7.34. The zero-order valence-corrected chi connectivity index (χ0v) is 11.1. The zero-order chi connectivity index (χ0) is 11.5. The molecule has 2 aromatic rings. The highest BCUT2D eigenvalue weighted by Gasteiger charge is 2.03. The summed E-state index contributed by atoms with van der Waals surface area (Å²) >= 11 is 11.7. The van der Waals surface area contributed by atoms with Crippen LogP contribution in [0.4, 0.5) is 0 Å². The van der Waals surface area contributed by atoms with Crippen molar-refractivity contribution in [2.45, 2.75) is 0 Å². The van der Waals surface area contributed by atoms with Crippen molar-refractivity contribution < 1.29 is 0 Å². The van der Waals surface area contributed by atoms with Crippen molar-refractivity contribution in [1.82, 2.24) is 0 Å². The molecular formula is C13H10Cl2Si. The fourth-order valence-electron chi connectivity index (χ4n) is 1.47. The van der Waals surface area contributed by atoms with Crippen molar-refractivity contribution in [1.29, 1.82) is 0 Å². The Hall–Kier alpha value is -0.893. The molecule has 0 saturated carbocycles. The van der Waals surface area contributed by atoms with Crippen LogP contribution in [0, 0.1) is 0 Å². The predicted molar refractivity (Wildman–Crippen MR) is 75.0 cm³/mol. The Morgan fingerprint density at radius 3 is 1.31 bits per heavy atom. The maximum Gasteiger partial charge on any atom is 0.0727 e. The SMILES string of the molecule is C=[Si](c1ccc(Cl)cc1)c1ccc(Cl)cc1. The van der Waals surface area contributed by atoms with Crippen LogP contribution in [0.3, 0.4) is 0 Å². The molecule has 0 aliphatic carbocycles. The van der Waals surface area contributed by atoms with Gasteiger partial charge in [0.15, 0.2) is 0 Å². The summed E-state index contributed by atoms with van der Waals surface area (Å²) in [5.74, 6) is 0. The van der Waals surface area contributed by atoms with Crippen molar-refractivity contribution in [3.05, 3.63) is 58.6 Å². The Balaban J connectivity index is 2.32. The lowest BCUT2D eigenvalue weighted by atomic mass is 10.4. The summed E-state index contributed by atoms with van der Waals surface area (Å²) in [6.07, 6.45) is 4.25. The van der Waals surface area contributed by atoms with Gasteiger partial charge in [-0.1, -0.05) is 47.5 Å². The van der Waals surface area contributed by atoms with Gasteiger partial charge in [-0.3, -0.25) is 0 Å². The molecule has 2 aromatic carbocycles. The molecule has 80 valence electrons. The van der Waals surface area contributed by atoms with Crippen LogP contribution in [0.25, 0.3) is 0 Å². The van der Waals surface area contributed by atoms with Gasteiger partial charge in [-0.25, -0.2) is 0 Å². The number of hydrogen-bond acceptors (Lipinski definition) is 0. The molecule has 0 atom stereocenters. The molecule has 0 amide bonds. The van der Waals surface area contributed by atoms with Crippen molar-refractivity contribution in [2.24, 2.45) is 0 Å². The molecule has 0 radical (unpaired) electrons. The Labute approximate surface area is 107 Å². The highest BCUT2D eigenvalue weighted by molar-refractivity contribution is 6.86. The summed E-state index contributed by atoms with van der Waals surface area (Å²) in [5, 5.41) is 4.01. The molecule has 0 saturated heterocycles. The average Bonchev–Trinajstić information content (AvgIpc) is 2.30. The summed E-state index contributed by atoms with van der Waals surface area (Å²) in [6.45, 7) is 0. The molecule has 0 aliphatic rings. The monoisotopic (exact) mass is 264 g/mol. The second-order valence-electron chi connectivity index (χ2n) is 3.49. The number of rotatable bonds is 2. The Morgan fingerprint density at radius 2 is 1.00 bits per heavy atom. The van der Waals surface area contributed by atoms with E-state index in [4.69, 9.17) is 23.2 Å². The van der Waals surface area contributed by atoms with Gasteiger partial charge in [-0.05, 0) is 34.6 Å². The average molecular weight is 265 g/mol. The van der Waals surface area contributed by atoms with Crippen molar-refractivity contribution in [3.63, 3.8) is 0 Å². The van der Waals surface area contributed by atoms with Gasteiger partial charge in [0.2, 0.25) is 0 Å². The highest BCUT2D eigenvalue weighted by atomic mass is 35.5. The van der Waals surface area contributed by atoms with E-state index < -0.39 is 8.41 Å². The molecule has 16 heavy (non-hydrogen) atoms. The molecule has 0 bridgehead atoms. The van der Waals surface area contributed by atoms with Gasteiger partial charge >= 0.3 is 0 Å². The van der Waals surface area contributed by atoms with Crippen LogP contribution in [-0.2, 0) is 0 Å². The van der Waals surface area contributed by atoms with Gasteiger partial charge in [-0.15, -0.1) is 6.17 Å². The van der Waals surface area contributed by atoms with Crippen LogP contribution in [0.5, 0.6) is 0 Å². The highest BCUT2D eigenvalue weighted by Crippen LogP contribution is 2.05. The van der Waals surface area contributed by atoms with Crippen molar-refractivity contribution >= 4 is 48.2 Å². The molecule has 2 rings (SSSR count). The predicted octanol–water partition coefficient (Wildman–Crippen LogP) is 2.62. The van der Waals surface area contributed by atoms with Crippen LogP contribution in [0.2, 0.25) is 10.0 Å². The number of hydrogen-bond donors (Lipinski definition) is 0. The van der Waals surface area contributed by atoms with E-state index in [-0.39, 0.29) is 0 Å². The lowest BCUT2D eigenvalue weighted by Gasteiger charge is -2.05. The van der Waals surface area contributed by atoms with Gasteiger partial charge in [-0.2, -0.15) is 0 Å². The largest absolute Gasteiger partial charge is 0.110 e. The third-order valence-corrected chi connectivity index (χ3v) is 4.95. The summed E-state index contributed by atoms with van der Waals surface area (Å²) in [4.78, 5) is 0. The zero-order valence-electron chi connectivity index (χ0n) is 8.58. The smallest absolute Gasteiger partial charge is 0.0727 e. The molecule has 0 aliphatic heterocycles. The topological polar surface area (TPSA) is 0 Å². The fourth-order valence-corrected chi connectivity index (χ4v) is 3.19. The van der Waals surface area contributed by atoms with E-state index in [0.29, 0.717) is 0 Å². The minimum Gasteiger partial charge on any atom is -0.110 e. The Morgan fingerprint density at radius 1 is 0.688 bits per heavy atom. The van der Waals surface area contributed by atoms with Gasteiger partial charge in [0, 0.05) is 10.0 Å². The maximum absolute atomic E-state index is 5.86. The first-order valence-electron chi connectivity index (χ1n) is 4.87. The van der Waals surface area contributed by atoms with Crippen LogP contribution >= 0.6 is 23.2 Å². The van der Waals surface area contributed by atoms with Crippen molar-refractivity contribution in [2.75, 3.05) is 0 Å². The molecule has 0 unspecified atom stereocenters. The van der Waals surface area contributed by atoms with Crippen LogP contribution in [-0.4, -0.2) is 14.6 Å². The van der Waals surface area contributed by atoms with Gasteiger partial charge < -0.3 is 0 Å². The van der Waals surface area contributed by atoms with E-state index in [1.165, 1.54) is 10.4 Å². The summed E-state index contributed by atoms with van der Waals surface area (Å²) in [7, 11) is -0.945. The van der Waals surface area contributed by atoms with Crippen LogP contribution in [0.1, 0.15) is 0 Å². The molecule has 0 nitrogen and oxygen atoms in total. The van der Waals surface area contributed by atoms with E-state index >= 15 is 0 Å². The summed E-state index contributed by atoms with van der Waals surface area (Å²) in [5.41, 5.74) is 0. The standard InChI is InChI=1S/C13H10Cl2Si/c1-16(12-6-2-10(14)3-7-12)13-8-4-11(15)5-9-13/h2-9H,1H2. The first kappa shape index (κ1) is 11.6. The van der Waals surface area contributed by atoms with E-state index in [9.17, 15) is 0 Å². The molecule has 0 heterocycles. The quantitative estimate of drug-likeness (QED) is 0.732. The van der Waals surface area contributed by atoms with E-state index in [2.05, 4.69) is 6.17 Å². The van der Waals surface area contributed by atoms with E-state index in [1.54, 1.807) is 0 Å². The normalized spacial score (nSPS) is 10.1. The number of halogens is 2. The van der Waals surface area contributed by atoms with Crippen LogP contribution in [0.15, 0.2) is 48.5 Å². The molecular weight excluding hydrogens is 255 g/mol. The van der Waals surface area contributed by atoms with Gasteiger partial charge in [0.25, 0.3) is 0 Å².